The second-order valence-corrected chi connectivity index (χ2v) is 6.08. The molecule has 5 heteroatoms. The highest BCUT2D eigenvalue weighted by Crippen LogP contribution is 2.22. The van der Waals surface area contributed by atoms with E-state index in [9.17, 15) is 4.79 Å². The van der Waals surface area contributed by atoms with E-state index in [4.69, 9.17) is 0 Å². The maximum absolute atomic E-state index is 12.7. The molecule has 1 aliphatic heterocycles. The van der Waals surface area contributed by atoms with Crippen LogP contribution in [0.4, 0.5) is 0 Å². The zero-order chi connectivity index (χ0) is 16.1. The van der Waals surface area contributed by atoms with Crippen LogP contribution in [0.2, 0.25) is 0 Å². The van der Waals surface area contributed by atoms with Crippen molar-refractivity contribution in [3.63, 3.8) is 0 Å². The third-order valence-corrected chi connectivity index (χ3v) is 4.38. The Labute approximate surface area is 149 Å². The number of rotatable bonds is 4. The van der Waals surface area contributed by atoms with Crippen molar-refractivity contribution in [2.75, 3.05) is 19.6 Å². The monoisotopic (exact) mass is 345 g/mol. The molecule has 128 valence electrons. The summed E-state index contributed by atoms with van der Waals surface area (Å²) in [5, 5.41) is 3.38. The summed E-state index contributed by atoms with van der Waals surface area (Å²) in [6, 6.07) is 12.5. The average Bonchev–Trinajstić information content (AvgIpc) is 2.62. The SMILES string of the molecule is Cc1ccc(CCC(=O)N2CCNCC2c2cccnc2)cc1.Cl. The summed E-state index contributed by atoms with van der Waals surface area (Å²) in [7, 11) is 0. The van der Waals surface area contributed by atoms with Gasteiger partial charge in [0.15, 0.2) is 0 Å². The lowest BCUT2D eigenvalue weighted by Crippen LogP contribution is -2.48. The highest BCUT2D eigenvalue weighted by atomic mass is 35.5. The van der Waals surface area contributed by atoms with Crippen LogP contribution < -0.4 is 5.32 Å². The normalized spacial score (nSPS) is 17.2. The summed E-state index contributed by atoms with van der Waals surface area (Å²) < 4.78 is 0. The fourth-order valence-corrected chi connectivity index (χ4v) is 3.02. The number of aryl methyl sites for hydroxylation is 2. The lowest BCUT2D eigenvalue weighted by atomic mass is 10.0. The first-order valence-corrected chi connectivity index (χ1v) is 8.20. The van der Waals surface area contributed by atoms with Crippen molar-refractivity contribution in [1.82, 2.24) is 15.2 Å². The Kier molecular flexibility index (Phi) is 6.76. The molecule has 1 aliphatic rings. The molecule has 2 heterocycles. The number of hydrogen-bond donors (Lipinski definition) is 1. The maximum atomic E-state index is 12.7. The Morgan fingerprint density at radius 1 is 1.29 bits per heavy atom. The Hall–Kier alpha value is -1.91. The van der Waals surface area contributed by atoms with Crippen molar-refractivity contribution in [3.8, 4) is 0 Å². The molecule has 1 unspecified atom stereocenters. The van der Waals surface area contributed by atoms with Gasteiger partial charge in [0.1, 0.15) is 0 Å². The van der Waals surface area contributed by atoms with Gasteiger partial charge in [0, 0.05) is 38.4 Å². The van der Waals surface area contributed by atoms with Gasteiger partial charge in [-0.15, -0.1) is 12.4 Å². The van der Waals surface area contributed by atoms with Crippen LogP contribution >= 0.6 is 12.4 Å². The zero-order valence-corrected chi connectivity index (χ0v) is 14.8. The Bertz CT molecular complexity index is 645. The van der Waals surface area contributed by atoms with Crippen molar-refractivity contribution >= 4 is 18.3 Å². The van der Waals surface area contributed by atoms with E-state index in [2.05, 4.69) is 41.5 Å². The molecule has 1 fully saturated rings. The van der Waals surface area contributed by atoms with Gasteiger partial charge in [-0.1, -0.05) is 35.9 Å². The molecule has 0 radical (unpaired) electrons. The number of hydrogen-bond acceptors (Lipinski definition) is 3. The van der Waals surface area contributed by atoms with Crippen molar-refractivity contribution in [3.05, 3.63) is 65.5 Å². The first kappa shape index (κ1) is 18.4. The van der Waals surface area contributed by atoms with Crippen molar-refractivity contribution in [2.24, 2.45) is 0 Å². The third-order valence-electron chi connectivity index (χ3n) is 4.38. The molecule has 1 atom stereocenters. The third kappa shape index (κ3) is 4.56. The molecule has 1 N–H and O–H groups in total. The van der Waals surface area contributed by atoms with Crippen LogP contribution in [0, 0.1) is 6.92 Å². The van der Waals surface area contributed by atoms with E-state index in [0.29, 0.717) is 6.42 Å². The highest BCUT2D eigenvalue weighted by molar-refractivity contribution is 5.85. The van der Waals surface area contributed by atoms with Gasteiger partial charge in [0.05, 0.1) is 6.04 Å². The summed E-state index contributed by atoms with van der Waals surface area (Å²) in [4.78, 5) is 18.9. The average molecular weight is 346 g/mol. The van der Waals surface area contributed by atoms with Crippen molar-refractivity contribution in [2.45, 2.75) is 25.8 Å². The molecule has 2 aromatic rings. The topological polar surface area (TPSA) is 45.2 Å². The standard InChI is InChI=1S/C19H23N3O.ClH/c1-15-4-6-16(7-5-15)8-9-19(23)22-12-11-21-14-18(22)17-3-2-10-20-13-17;/h2-7,10,13,18,21H,8-9,11-12,14H2,1H3;1H. The predicted molar refractivity (Wildman–Crippen MR) is 98.3 cm³/mol. The van der Waals surface area contributed by atoms with E-state index in [-0.39, 0.29) is 24.4 Å². The number of carbonyl (C=O) groups excluding carboxylic acids is 1. The van der Waals surface area contributed by atoms with Crippen LogP contribution in [0.25, 0.3) is 0 Å². The number of pyridine rings is 1. The Balaban J connectivity index is 0.00000208. The van der Waals surface area contributed by atoms with Crippen LogP contribution in [0.1, 0.15) is 29.2 Å². The van der Waals surface area contributed by atoms with E-state index in [1.165, 1.54) is 11.1 Å². The van der Waals surface area contributed by atoms with Gasteiger partial charge in [0.25, 0.3) is 0 Å². The van der Waals surface area contributed by atoms with Gasteiger partial charge in [0.2, 0.25) is 5.91 Å². The number of aromatic nitrogens is 1. The van der Waals surface area contributed by atoms with E-state index in [1.54, 1.807) is 6.20 Å². The van der Waals surface area contributed by atoms with Crippen molar-refractivity contribution < 1.29 is 4.79 Å². The van der Waals surface area contributed by atoms with Crippen LogP contribution in [0.5, 0.6) is 0 Å². The van der Waals surface area contributed by atoms with E-state index in [0.717, 1.165) is 31.6 Å². The largest absolute Gasteiger partial charge is 0.333 e. The smallest absolute Gasteiger partial charge is 0.223 e. The van der Waals surface area contributed by atoms with Crippen LogP contribution in [0.3, 0.4) is 0 Å². The summed E-state index contributed by atoms with van der Waals surface area (Å²) in [5.41, 5.74) is 3.57. The molecule has 0 bridgehead atoms. The second kappa shape index (κ2) is 8.81. The number of nitrogens with one attached hydrogen (secondary N) is 1. The molecule has 24 heavy (non-hydrogen) atoms. The number of carbonyl (C=O) groups is 1. The number of benzene rings is 1. The van der Waals surface area contributed by atoms with Gasteiger partial charge < -0.3 is 10.2 Å². The molecule has 0 saturated carbocycles. The van der Waals surface area contributed by atoms with E-state index < -0.39 is 0 Å². The van der Waals surface area contributed by atoms with Gasteiger partial charge >= 0.3 is 0 Å². The van der Waals surface area contributed by atoms with Crippen LogP contribution in [-0.2, 0) is 11.2 Å². The molecule has 1 aromatic carbocycles. The molecule has 4 nitrogen and oxygen atoms in total. The Morgan fingerprint density at radius 2 is 2.08 bits per heavy atom. The minimum atomic E-state index is 0. The molecule has 1 saturated heterocycles. The van der Waals surface area contributed by atoms with E-state index >= 15 is 0 Å². The van der Waals surface area contributed by atoms with E-state index in [1.807, 2.05) is 23.2 Å². The molecule has 3 rings (SSSR count). The molecular formula is C19H24ClN3O. The Morgan fingerprint density at radius 3 is 2.79 bits per heavy atom. The predicted octanol–water partition coefficient (Wildman–Crippen LogP) is 2.92. The molecule has 0 spiro atoms. The maximum Gasteiger partial charge on any atom is 0.223 e. The van der Waals surface area contributed by atoms with Gasteiger partial charge in [-0.3, -0.25) is 9.78 Å². The van der Waals surface area contributed by atoms with Gasteiger partial charge in [-0.2, -0.15) is 0 Å². The molecule has 1 aromatic heterocycles. The zero-order valence-electron chi connectivity index (χ0n) is 13.9. The summed E-state index contributed by atoms with van der Waals surface area (Å²) in [6.07, 6.45) is 4.98. The second-order valence-electron chi connectivity index (χ2n) is 6.08. The van der Waals surface area contributed by atoms with Crippen LogP contribution in [0.15, 0.2) is 48.8 Å². The molecule has 1 amide bonds. The first-order chi connectivity index (χ1) is 11.2. The number of halogens is 1. The highest BCUT2D eigenvalue weighted by Gasteiger charge is 2.27. The fraction of sp³-hybridized carbons (Fsp3) is 0.368. The quantitative estimate of drug-likeness (QED) is 0.926. The lowest BCUT2D eigenvalue weighted by Gasteiger charge is -2.36. The van der Waals surface area contributed by atoms with Gasteiger partial charge in [-0.05, 0) is 30.5 Å². The number of amides is 1. The van der Waals surface area contributed by atoms with Crippen LogP contribution in [-0.4, -0.2) is 35.4 Å². The minimum Gasteiger partial charge on any atom is -0.333 e. The molecule has 0 aliphatic carbocycles. The lowest BCUT2D eigenvalue weighted by molar-refractivity contribution is -0.134. The number of nitrogens with zero attached hydrogens (tertiary/aromatic N) is 2. The molecular weight excluding hydrogens is 322 g/mol. The summed E-state index contributed by atoms with van der Waals surface area (Å²) >= 11 is 0. The fourth-order valence-electron chi connectivity index (χ4n) is 3.02. The summed E-state index contributed by atoms with van der Waals surface area (Å²) in [6.45, 7) is 4.48. The minimum absolute atomic E-state index is 0. The number of piperazine rings is 1. The summed E-state index contributed by atoms with van der Waals surface area (Å²) in [5.74, 6) is 0.223. The van der Waals surface area contributed by atoms with Crippen molar-refractivity contribution in [1.29, 1.82) is 0 Å². The first-order valence-electron chi connectivity index (χ1n) is 8.20. The van der Waals surface area contributed by atoms with Gasteiger partial charge in [-0.25, -0.2) is 0 Å².